The van der Waals surface area contributed by atoms with Crippen LogP contribution in [0.3, 0.4) is 0 Å². The molecule has 5 aromatic rings. The minimum Gasteiger partial charge on any atom is -0.493 e. The van der Waals surface area contributed by atoms with Gasteiger partial charge in [-0.15, -0.1) is 10.2 Å². The van der Waals surface area contributed by atoms with E-state index in [0.717, 1.165) is 46.2 Å². The van der Waals surface area contributed by atoms with E-state index in [-0.39, 0.29) is 0 Å². The molecule has 8 heteroatoms. The highest BCUT2D eigenvalue weighted by molar-refractivity contribution is 6.04. The number of methoxy groups -OCH3 is 1. The van der Waals surface area contributed by atoms with Crippen molar-refractivity contribution in [3.8, 4) is 11.5 Å². The van der Waals surface area contributed by atoms with Crippen molar-refractivity contribution in [2.75, 3.05) is 12.5 Å². The number of unbranched alkanes of at least 4 members (excludes halogenated alkanes) is 3. The molecule has 0 aliphatic carbocycles. The number of anilines is 1. The molecule has 0 amide bonds. The standard InChI is InChI=1S/C31H34N6O2/c1-4-5-6-9-18-37-26-11-8-7-10-25(26)29-30(37)33-31(36-34-29)35-32-20-24-16-17-27(28(19-24)38-3)39-21-23-14-12-22(2)13-15-23/h7-8,10-17,19-20H,4-6,9,18,21H2,1-3H3,(H,33,35,36)/b32-20+. The number of nitrogens with zero attached hydrogens (tertiary/aromatic N) is 5. The first kappa shape index (κ1) is 26.2. The topological polar surface area (TPSA) is 86.5 Å². The summed E-state index contributed by atoms with van der Waals surface area (Å²) in [5, 5.41) is 14.2. The second-order valence-corrected chi connectivity index (χ2v) is 9.59. The molecule has 0 atom stereocenters. The third-order valence-corrected chi connectivity index (χ3v) is 6.69. The second kappa shape index (κ2) is 12.4. The quantitative estimate of drug-likeness (QED) is 0.109. The fourth-order valence-corrected chi connectivity index (χ4v) is 4.57. The summed E-state index contributed by atoms with van der Waals surface area (Å²) in [4.78, 5) is 4.77. The number of benzene rings is 3. The predicted octanol–water partition coefficient (Wildman–Crippen LogP) is 6.90. The summed E-state index contributed by atoms with van der Waals surface area (Å²) in [7, 11) is 1.63. The molecule has 0 unspecified atom stereocenters. The van der Waals surface area contributed by atoms with E-state index in [0.29, 0.717) is 24.1 Å². The van der Waals surface area contributed by atoms with Gasteiger partial charge in [-0.25, -0.2) is 5.43 Å². The minimum absolute atomic E-state index is 0.349. The van der Waals surface area contributed by atoms with Gasteiger partial charge in [0.1, 0.15) is 12.1 Å². The Balaban J connectivity index is 1.30. The van der Waals surface area contributed by atoms with Gasteiger partial charge in [0.2, 0.25) is 0 Å². The third kappa shape index (κ3) is 6.17. The maximum absolute atomic E-state index is 5.99. The molecule has 8 nitrogen and oxygen atoms in total. The Morgan fingerprint density at radius 1 is 0.949 bits per heavy atom. The van der Waals surface area contributed by atoms with Crippen LogP contribution in [0.5, 0.6) is 11.5 Å². The summed E-state index contributed by atoms with van der Waals surface area (Å²) in [6.45, 7) is 5.65. The Labute approximate surface area is 228 Å². The summed E-state index contributed by atoms with van der Waals surface area (Å²) in [5.41, 5.74) is 8.86. The fourth-order valence-electron chi connectivity index (χ4n) is 4.57. The van der Waals surface area contributed by atoms with Crippen LogP contribution in [0.4, 0.5) is 5.95 Å². The van der Waals surface area contributed by atoms with Gasteiger partial charge in [-0.1, -0.05) is 74.2 Å². The molecule has 0 radical (unpaired) electrons. The van der Waals surface area contributed by atoms with E-state index in [1.54, 1.807) is 13.3 Å². The van der Waals surface area contributed by atoms with Crippen molar-refractivity contribution in [1.29, 1.82) is 0 Å². The molecular weight excluding hydrogens is 488 g/mol. The summed E-state index contributed by atoms with van der Waals surface area (Å²) in [5.74, 6) is 1.66. The number of aryl methyl sites for hydroxylation is 2. The van der Waals surface area contributed by atoms with Crippen LogP contribution in [0.1, 0.15) is 49.3 Å². The normalized spacial score (nSPS) is 11.5. The lowest BCUT2D eigenvalue weighted by atomic mass is 10.2. The number of nitrogens with one attached hydrogen (secondary N) is 1. The van der Waals surface area contributed by atoms with Crippen molar-refractivity contribution < 1.29 is 9.47 Å². The lowest BCUT2D eigenvalue weighted by Crippen LogP contribution is -2.03. The first-order chi connectivity index (χ1) is 19.2. The zero-order valence-corrected chi connectivity index (χ0v) is 22.7. The van der Waals surface area contributed by atoms with Crippen LogP contribution < -0.4 is 14.9 Å². The molecule has 0 saturated heterocycles. The molecule has 39 heavy (non-hydrogen) atoms. The zero-order chi connectivity index (χ0) is 27.0. The Hall–Kier alpha value is -4.46. The van der Waals surface area contributed by atoms with Crippen LogP contribution in [0, 0.1) is 6.92 Å². The van der Waals surface area contributed by atoms with Crippen molar-refractivity contribution in [2.45, 2.75) is 52.7 Å². The third-order valence-electron chi connectivity index (χ3n) is 6.69. The van der Waals surface area contributed by atoms with Crippen LogP contribution >= 0.6 is 0 Å². The molecule has 3 aromatic carbocycles. The molecule has 0 aliphatic rings. The van der Waals surface area contributed by atoms with E-state index in [9.17, 15) is 0 Å². The summed E-state index contributed by atoms with van der Waals surface area (Å²) >= 11 is 0. The van der Waals surface area contributed by atoms with Crippen LogP contribution in [0.25, 0.3) is 22.1 Å². The Morgan fingerprint density at radius 3 is 2.62 bits per heavy atom. The van der Waals surface area contributed by atoms with E-state index >= 15 is 0 Å². The maximum atomic E-state index is 5.99. The van der Waals surface area contributed by atoms with Gasteiger partial charge in [-0.2, -0.15) is 10.1 Å². The first-order valence-electron chi connectivity index (χ1n) is 13.4. The number of hydrogen-bond acceptors (Lipinski definition) is 7. The van der Waals surface area contributed by atoms with Gasteiger partial charge in [-0.05, 0) is 48.7 Å². The van der Waals surface area contributed by atoms with Crippen molar-refractivity contribution in [3.63, 3.8) is 0 Å². The molecule has 0 bridgehead atoms. The Morgan fingerprint density at radius 2 is 1.79 bits per heavy atom. The molecule has 1 N–H and O–H groups in total. The summed E-state index contributed by atoms with van der Waals surface area (Å²) in [6, 6.07) is 22.2. The van der Waals surface area contributed by atoms with Crippen molar-refractivity contribution >= 4 is 34.2 Å². The van der Waals surface area contributed by atoms with Crippen molar-refractivity contribution in [3.05, 3.63) is 83.4 Å². The average molecular weight is 523 g/mol. The first-order valence-corrected chi connectivity index (χ1v) is 13.4. The number of hydrazone groups is 1. The van der Waals surface area contributed by atoms with Gasteiger partial charge >= 0.3 is 0 Å². The van der Waals surface area contributed by atoms with Gasteiger partial charge < -0.3 is 14.0 Å². The van der Waals surface area contributed by atoms with Crippen LogP contribution in [-0.2, 0) is 13.2 Å². The minimum atomic E-state index is 0.349. The largest absolute Gasteiger partial charge is 0.493 e. The van der Waals surface area contributed by atoms with Gasteiger partial charge in [0.05, 0.1) is 18.8 Å². The van der Waals surface area contributed by atoms with Crippen LogP contribution in [-0.4, -0.2) is 33.1 Å². The van der Waals surface area contributed by atoms with Gasteiger partial charge in [-0.3, -0.25) is 0 Å². The number of ether oxygens (including phenoxy) is 2. The smallest absolute Gasteiger partial charge is 0.265 e. The number of aromatic nitrogens is 4. The number of para-hydroxylation sites is 1. The van der Waals surface area contributed by atoms with Crippen LogP contribution in [0.15, 0.2) is 71.8 Å². The predicted molar refractivity (Wildman–Crippen MR) is 157 cm³/mol. The zero-order valence-electron chi connectivity index (χ0n) is 22.7. The SMILES string of the molecule is CCCCCCn1c2ccccc2c2nnc(N/N=C/c3ccc(OCc4ccc(C)cc4)c(OC)c3)nc21. The highest BCUT2D eigenvalue weighted by Crippen LogP contribution is 2.29. The van der Waals surface area contributed by atoms with Gasteiger partial charge in [0.15, 0.2) is 17.1 Å². The summed E-state index contributed by atoms with van der Waals surface area (Å²) < 4.78 is 13.8. The molecule has 0 aliphatic heterocycles. The molecule has 2 heterocycles. The molecular formula is C31H34N6O2. The lowest BCUT2D eigenvalue weighted by Gasteiger charge is -2.11. The monoisotopic (exact) mass is 522 g/mol. The molecule has 0 fully saturated rings. The Kier molecular flexibility index (Phi) is 8.31. The van der Waals surface area contributed by atoms with Crippen molar-refractivity contribution in [1.82, 2.24) is 19.7 Å². The van der Waals surface area contributed by atoms with Crippen LogP contribution in [0.2, 0.25) is 0 Å². The van der Waals surface area contributed by atoms with E-state index in [1.165, 1.54) is 24.8 Å². The number of fused-ring (bicyclic) bond motifs is 3. The fraction of sp³-hybridized carbons (Fsp3) is 0.290. The summed E-state index contributed by atoms with van der Waals surface area (Å²) in [6.07, 6.45) is 6.42. The molecule has 200 valence electrons. The highest BCUT2D eigenvalue weighted by atomic mass is 16.5. The highest BCUT2D eigenvalue weighted by Gasteiger charge is 2.14. The van der Waals surface area contributed by atoms with Gasteiger partial charge in [0.25, 0.3) is 5.95 Å². The molecule has 0 saturated carbocycles. The lowest BCUT2D eigenvalue weighted by molar-refractivity contribution is 0.284. The number of rotatable bonds is 12. The van der Waals surface area contributed by atoms with E-state index in [2.05, 4.69) is 75.5 Å². The number of hydrogen-bond donors (Lipinski definition) is 1. The molecule has 0 spiro atoms. The molecule has 5 rings (SSSR count). The maximum Gasteiger partial charge on any atom is 0.265 e. The van der Waals surface area contributed by atoms with E-state index in [1.807, 2.05) is 30.3 Å². The van der Waals surface area contributed by atoms with E-state index < -0.39 is 0 Å². The van der Waals surface area contributed by atoms with E-state index in [4.69, 9.17) is 14.5 Å². The van der Waals surface area contributed by atoms with Crippen molar-refractivity contribution in [2.24, 2.45) is 5.10 Å². The second-order valence-electron chi connectivity index (χ2n) is 9.59. The van der Waals surface area contributed by atoms with Gasteiger partial charge in [0, 0.05) is 11.9 Å². The Bertz CT molecular complexity index is 1580. The average Bonchev–Trinajstić information content (AvgIpc) is 3.28. The molecule has 2 aromatic heterocycles.